The van der Waals surface area contributed by atoms with E-state index in [1.165, 1.54) is 11.1 Å². The molecule has 1 amide bonds. The number of carbonyl (C=O) groups excluding carboxylic acids is 1. The summed E-state index contributed by atoms with van der Waals surface area (Å²) < 4.78 is 5.46. The number of methoxy groups -OCH3 is 1. The van der Waals surface area contributed by atoms with Crippen LogP contribution in [-0.2, 0) is 4.79 Å². The molecule has 5 rings (SSSR count). The van der Waals surface area contributed by atoms with Gasteiger partial charge in [0.15, 0.2) is 0 Å². The van der Waals surface area contributed by atoms with Gasteiger partial charge in [0.05, 0.1) is 13.2 Å². The molecule has 0 spiro atoms. The van der Waals surface area contributed by atoms with Crippen molar-refractivity contribution in [2.75, 3.05) is 37.5 Å². The van der Waals surface area contributed by atoms with Gasteiger partial charge in [-0.2, -0.15) is 0 Å². The fourth-order valence-corrected chi connectivity index (χ4v) is 6.63. The van der Waals surface area contributed by atoms with Gasteiger partial charge in [-0.25, -0.2) is 4.98 Å². The van der Waals surface area contributed by atoms with Crippen LogP contribution in [0.25, 0.3) is 11.1 Å². The molecule has 0 bridgehead atoms. The van der Waals surface area contributed by atoms with Crippen LogP contribution in [0.3, 0.4) is 0 Å². The molecule has 2 saturated carbocycles. The number of amides is 1. The molecular weight excluding hydrogens is 510 g/mol. The van der Waals surface area contributed by atoms with E-state index >= 15 is 0 Å². The van der Waals surface area contributed by atoms with Crippen molar-refractivity contribution in [2.45, 2.75) is 70.3 Å². The van der Waals surface area contributed by atoms with E-state index in [9.17, 15) is 9.90 Å². The van der Waals surface area contributed by atoms with E-state index in [0.29, 0.717) is 24.7 Å². The number of rotatable bonds is 8. The van der Waals surface area contributed by atoms with Crippen molar-refractivity contribution in [2.24, 2.45) is 11.8 Å². The first kappa shape index (κ1) is 29.1. The van der Waals surface area contributed by atoms with E-state index in [-0.39, 0.29) is 17.9 Å². The second kappa shape index (κ2) is 13.1. The highest BCUT2D eigenvalue weighted by Crippen LogP contribution is 2.39. The lowest BCUT2D eigenvalue weighted by molar-refractivity contribution is -0.124. The number of ether oxygens (including phenoxy) is 1. The maximum absolute atomic E-state index is 14.0. The van der Waals surface area contributed by atoms with Crippen LogP contribution in [0.4, 0.5) is 11.5 Å². The lowest BCUT2D eigenvalue weighted by Crippen LogP contribution is -2.41. The summed E-state index contributed by atoms with van der Waals surface area (Å²) >= 11 is 0. The fraction of sp³-hybridized carbons (Fsp3) is 0.486. The summed E-state index contributed by atoms with van der Waals surface area (Å²) in [6.07, 6.45) is 9.07. The van der Waals surface area contributed by atoms with Crippen molar-refractivity contribution in [3.63, 3.8) is 0 Å². The average Bonchev–Trinajstić information content (AvgIpc) is 3.00. The van der Waals surface area contributed by atoms with Crippen LogP contribution in [0.5, 0.6) is 5.75 Å². The second-order valence-electron chi connectivity index (χ2n) is 12.3. The van der Waals surface area contributed by atoms with Gasteiger partial charge in [0.2, 0.25) is 5.91 Å². The van der Waals surface area contributed by atoms with Crippen LogP contribution < -0.4 is 14.5 Å². The van der Waals surface area contributed by atoms with Gasteiger partial charge < -0.3 is 19.6 Å². The second-order valence-corrected chi connectivity index (χ2v) is 12.3. The van der Waals surface area contributed by atoms with Crippen molar-refractivity contribution in [3.8, 4) is 16.9 Å². The van der Waals surface area contributed by atoms with Crippen molar-refractivity contribution in [1.82, 2.24) is 4.98 Å². The molecule has 2 fully saturated rings. The Bertz CT molecular complexity index is 1310. The summed E-state index contributed by atoms with van der Waals surface area (Å²) in [5, 5.41) is 10.1. The predicted octanol–water partition coefficient (Wildman–Crippen LogP) is 6.99. The minimum absolute atomic E-state index is 0.0262. The highest BCUT2D eigenvalue weighted by Gasteiger charge is 2.32. The molecule has 0 saturated heterocycles. The largest absolute Gasteiger partial charge is 0.496 e. The molecule has 6 nitrogen and oxygen atoms in total. The molecule has 2 aliphatic rings. The number of aromatic nitrogens is 1. The van der Waals surface area contributed by atoms with Gasteiger partial charge >= 0.3 is 0 Å². The van der Waals surface area contributed by atoms with Crippen LogP contribution in [-0.4, -0.2) is 49.9 Å². The Hall–Kier alpha value is -3.38. The Labute approximate surface area is 245 Å². The molecule has 1 heterocycles. The summed E-state index contributed by atoms with van der Waals surface area (Å²) in [4.78, 5) is 22.7. The molecule has 6 heteroatoms. The number of aliphatic hydroxyl groups excluding tert-OH is 1. The first-order valence-corrected chi connectivity index (χ1v) is 15.2. The number of aryl methyl sites for hydroxylation is 1. The van der Waals surface area contributed by atoms with Crippen molar-refractivity contribution >= 4 is 17.4 Å². The van der Waals surface area contributed by atoms with Crippen LogP contribution in [0.2, 0.25) is 0 Å². The molecule has 3 aromatic rings. The number of hydrogen-bond donors (Lipinski definition) is 1. The van der Waals surface area contributed by atoms with Gasteiger partial charge in [-0.05, 0) is 117 Å². The van der Waals surface area contributed by atoms with Gasteiger partial charge in [-0.1, -0.05) is 24.3 Å². The molecule has 0 unspecified atom stereocenters. The first-order chi connectivity index (χ1) is 19.8. The zero-order valence-electron chi connectivity index (χ0n) is 25.1. The first-order valence-electron chi connectivity index (χ1n) is 15.2. The molecule has 41 heavy (non-hydrogen) atoms. The van der Waals surface area contributed by atoms with E-state index in [4.69, 9.17) is 4.74 Å². The van der Waals surface area contributed by atoms with Gasteiger partial charge in [0.1, 0.15) is 11.6 Å². The summed E-state index contributed by atoms with van der Waals surface area (Å²) in [5.74, 6) is 3.07. The zero-order valence-corrected chi connectivity index (χ0v) is 25.1. The molecular formula is C35H45N3O3. The number of pyridine rings is 1. The number of benzene rings is 2. The van der Waals surface area contributed by atoms with E-state index in [1.54, 1.807) is 7.11 Å². The third-order valence-corrected chi connectivity index (χ3v) is 9.19. The summed E-state index contributed by atoms with van der Waals surface area (Å²) in [6, 6.07) is 19.1. The smallest absolute Gasteiger partial charge is 0.230 e. The number of hydrogen-bond acceptors (Lipinski definition) is 5. The van der Waals surface area contributed by atoms with Crippen molar-refractivity contribution in [1.29, 1.82) is 0 Å². The molecule has 2 aliphatic carbocycles. The lowest BCUT2D eigenvalue weighted by atomic mass is 9.78. The number of aliphatic hydroxyl groups is 1. The van der Waals surface area contributed by atoms with E-state index < -0.39 is 0 Å². The van der Waals surface area contributed by atoms with Crippen LogP contribution >= 0.6 is 0 Å². The quantitative estimate of drug-likeness (QED) is 0.325. The Balaban J connectivity index is 1.34. The third kappa shape index (κ3) is 6.92. The highest BCUT2D eigenvalue weighted by molar-refractivity contribution is 5.95. The van der Waals surface area contributed by atoms with Crippen molar-refractivity contribution in [3.05, 3.63) is 71.9 Å². The van der Waals surface area contributed by atoms with Crippen LogP contribution in [0.1, 0.15) is 68.4 Å². The highest BCUT2D eigenvalue weighted by atomic mass is 16.5. The standard InChI is InChI=1S/C35H45N3O3/c1-24-20-29(14-18-33(24)41-4)26-10-8-25(9-11-26)23-38(35(40)27-12-16-32(39)17-13-27)31-7-5-6-28(21-31)30-15-19-34(36-22-30)37(2)3/h5-7,14-15,18-22,25-27,32,39H,8-13,16-17,23H2,1-4H3/t25-,26-,27-,32-. The topological polar surface area (TPSA) is 65.9 Å². The summed E-state index contributed by atoms with van der Waals surface area (Å²) in [6.45, 7) is 2.86. The molecule has 2 aromatic carbocycles. The average molecular weight is 556 g/mol. The Morgan fingerprint density at radius 3 is 2.32 bits per heavy atom. The molecule has 0 atom stereocenters. The molecule has 0 radical (unpaired) electrons. The summed E-state index contributed by atoms with van der Waals surface area (Å²) in [5.41, 5.74) is 5.66. The Morgan fingerprint density at radius 1 is 0.927 bits per heavy atom. The van der Waals surface area contributed by atoms with Crippen LogP contribution in [0, 0.1) is 18.8 Å². The number of anilines is 2. The minimum Gasteiger partial charge on any atom is -0.496 e. The van der Waals surface area contributed by atoms with E-state index in [2.05, 4.69) is 65.3 Å². The van der Waals surface area contributed by atoms with E-state index in [1.807, 2.05) is 31.3 Å². The number of carbonyl (C=O) groups is 1. The van der Waals surface area contributed by atoms with Gasteiger partial charge in [-0.15, -0.1) is 0 Å². The van der Waals surface area contributed by atoms with E-state index in [0.717, 1.165) is 73.5 Å². The molecule has 218 valence electrons. The minimum atomic E-state index is -0.273. The predicted molar refractivity (Wildman–Crippen MR) is 167 cm³/mol. The SMILES string of the molecule is COc1ccc([C@H]2CC[C@H](CN(c3cccc(-c4ccc(N(C)C)nc4)c3)C(=O)[C@H]3CC[C@H](O)CC3)CC2)cc1C. The third-order valence-electron chi connectivity index (χ3n) is 9.19. The van der Waals surface area contributed by atoms with Gasteiger partial charge in [0.25, 0.3) is 0 Å². The summed E-state index contributed by atoms with van der Waals surface area (Å²) in [7, 11) is 5.70. The van der Waals surface area contributed by atoms with Gasteiger partial charge in [0, 0.05) is 44.0 Å². The van der Waals surface area contributed by atoms with Crippen LogP contribution in [0.15, 0.2) is 60.8 Å². The molecule has 1 aromatic heterocycles. The maximum atomic E-state index is 14.0. The number of nitrogens with zero attached hydrogens (tertiary/aromatic N) is 3. The van der Waals surface area contributed by atoms with Crippen molar-refractivity contribution < 1.29 is 14.6 Å². The normalized spacial score (nSPS) is 22.7. The molecule has 1 N–H and O–H groups in total. The zero-order chi connectivity index (χ0) is 28.9. The lowest BCUT2D eigenvalue weighted by Gasteiger charge is -2.36. The monoisotopic (exact) mass is 555 g/mol. The fourth-order valence-electron chi connectivity index (χ4n) is 6.63. The Kier molecular flexibility index (Phi) is 9.29. The Morgan fingerprint density at radius 2 is 1.68 bits per heavy atom. The maximum Gasteiger partial charge on any atom is 0.230 e. The molecule has 0 aliphatic heterocycles. The van der Waals surface area contributed by atoms with Gasteiger partial charge in [-0.3, -0.25) is 4.79 Å².